The number of nitrogens with one attached hydrogen (secondary N) is 2. The van der Waals surface area contributed by atoms with Crippen molar-refractivity contribution >= 4 is 29.4 Å². The summed E-state index contributed by atoms with van der Waals surface area (Å²) in [5.74, 6) is -1.12. The molecule has 0 aromatic heterocycles. The van der Waals surface area contributed by atoms with Gasteiger partial charge in [-0.05, 0) is 43.5 Å². The van der Waals surface area contributed by atoms with Crippen LogP contribution in [0.3, 0.4) is 0 Å². The molecule has 2 N–H and O–H groups in total. The monoisotopic (exact) mass is 354 g/mol. The van der Waals surface area contributed by atoms with Gasteiger partial charge in [-0.15, -0.1) is 0 Å². The predicted octanol–water partition coefficient (Wildman–Crippen LogP) is 2.16. The van der Waals surface area contributed by atoms with Crippen LogP contribution < -0.4 is 10.6 Å². The lowest BCUT2D eigenvalue weighted by Gasteiger charge is -2.20. The van der Waals surface area contributed by atoms with Crippen LogP contribution in [0, 0.1) is 5.92 Å². The van der Waals surface area contributed by atoms with Crippen LogP contribution in [0.15, 0.2) is 24.3 Å². The van der Waals surface area contributed by atoms with Crippen LogP contribution in [-0.2, 0) is 14.3 Å². The number of rotatable bonds is 8. The second-order valence-electron chi connectivity index (χ2n) is 5.69. The zero-order valence-electron chi connectivity index (χ0n) is 14.1. The third-order valence-electron chi connectivity index (χ3n) is 3.15. The lowest BCUT2D eigenvalue weighted by atomic mass is 10.0. The first kappa shape index (κ1) is 20.0. The van der Waals surface area contributed by atoms with Crippen molar-refractivity contribution in [2.75, 3.05) is 13.2 Å². The van der Waals surface area contributed by atoms with E-state index in [0.717, 1.165) is 0 Å². The van der Waals surface area contributed by atoms with Crippen molar-refractivity contribution in [1.29, 1.82) is 0 Å². The number of esters is 1. The Bertz CT molecular complexity index is 572. The number of halogens is 1. The molecule has 0 aliphatic rings. The van der Waals surface area contributed by atoms with Gasteiger partial charge >= 0.3 is 5.97 Å². The Morgan fingerprint density at radius 3 is 2.33 bits per heavy atom. The van der Waals surface area contributed by atoms with Gasteiger partial charge in [0.25, 0.3) is 5.91 Å². The van der Waals surface area contributed by atoms with Crippen molar-refractivity contribution in [3.8, 4) is 0 Å². The third-order valence-corrected chi connectivity index (χ3v) is 3.40. The fourth-order valence-corrected chi connectivity index (χ4v) is 2.17. The molecule has 24 heavy (non-hydrogen) atoms. The molecule has 0 radical (unpaired) electrons. The Kier molecular flexibility index (Phi) is 8.26. The summed E-state index contributed by atoms with van der Waals surface area (Å²) in [4.78, 5) is 35.9. The number of hydrogen-bond donors (Lipinski definition) is 2. The van der Waals surface area contributed by atoms with Gasteiger partial charge in [0.05, 0.1) is 6.61 Å². The molecule has 1 atom stereocenters. The molecule has 0 spiro atoms. The number of benzene rings is 1. The average Bonchev–Trinajstić information content (AvgIpc) is 2.52. The minimum Gasteiger partial charge on any atom is -0.465 e. The van der Waals surface area contributed by atoms with Crippen LogP contribution in [-0.4, -0.2) is 37.0 Å². The molecule has 1 rings (SSSR count). The summed E-state index contributed by atoms with van der Waals surface area (Å²) < 4.78 is 4.76. The van der Waals surface area contributed by atoms with Gasteiger partial charge in [0.15, 0.2) is 0 Å². The molecule has 132 valence electrons. The van der Waals surface area contributed by atoms with Crippen LogP contribution in [0.1, 0.15) is 37.6 Å². The van der Waals surface area contributed by atoms with Crippen LogP contribution in [0.5, 0.6) is 0 Å². The maximum atomic E-state index is 12.3. The second-order valence-corrected chi connectivity index (χ2v) is 6.12. The van der Waals surface area contributed by atoms with E-state index in [9.17, 15) is 14.4 Å². The molecule has 7 heteroatoms. The molecule has 6 nitrogen and oxygen atoms in total. The molecule has 1 unspecified atom stereocenters. The Morgan fingerprint density at radius 1 is 1.17 bits per heavy atom. The molecular weight excluding hydrogens is 332 g/mol. The Hall–Kier alpha value is -2.08. The lowest BCUT2D eigenvalue weighted by Crippen LogP contribution is -2.48. The summed E-state index contributed by atoms with van der Waals surface area (Å²) in [7, 11) is 0. The maximum absolute atomic E-state index is 12.3. The topological polar surface area (TPSA) is 84.5 Å². The molecule has 0 heterocycles. The maximum Gasteiger partial charge on any atom is 0.325 e. The molecule has 0 saturated carbocycles. The van der Waals surface area contributed by atoms with Crippen molar-refractivity contribution in [3.63, 3.8) is 0 Å². The van der Waals surface area contributed by atoms with Crippen molar-refractivity contribution in [2.24, 2.45) is 5.92 Å². The van der Waals surface area contributed by atoms with Gasteiger partial charge in [0.1, 0.15) is 12.6 Å². The first-order chi connectivity index (χ1) is 11.3. The molecule has 0 aliphatic carbocycles. The number of hydrogen-bond acceptors (Lipinski definition) is 4. The molecule has 0 bridgehead atoms. The van der Waals surface area contributed by atoms with Gasteiger partial charge in [-0.1, -0.05) is 25.4 Å². The van der Waals surface area contributed by atoms with Crippen molar-refractivity contribution in [2.45, 2.75) is 33.2 Å². The number of amides is 2. The molecule has 1 aromatic rings. The van der Waals surface area contributed by atoms with E-state index in [1.165, 1.54) is 0 Å². The third kappa shape index (κ3) is 7.00. The van der Waals surface area contributed by atoms with E-state index < -0.39 is 17.9 Å². The summed E-state index contributed by atoms with van der Waals surface area (Å²) in [5.41, 5.74) is 0.409. The Balaban J connectivity index is 2.70. The van der Waals surface area contributed by atoms with Gasteiger partial charge in [-0.2, -0.15) is 0 Å². The molecule has 0 aliphatic heterocycles. The van der Waals surface area contributed by atoms with Crippen molar-refractivity contribution in [1.82, 2.24) is 10.6 Å². The van der Waals surface area contributed by atoms with Crippen LogP contribution in [0.2, 0.25) is 5.02 Å². The quantitative estimate of drug-likeness (QED) is 0.701. The highest BCUT2D eigenvalue weighted by atomic mass is 35.5. The normalized spacial score (nSPS) is 11.7. The highest BCUT2D eigenvalue weighted by Crippen LogP contribution is 2.11. The lowest BCUT2D eigenvalue weighted by molar-refractivity contribution is -0.143. The summed E-state index contributed by atoms with van der Waals surface area (Å²) in [6, 6.07) is 5.65. The highest BCUT2D eigenvalue weighted by molar-refractivity contribution is 6.30. The summed E-state index contributed by atoms with van der Waals surface area (Å²) >= 11 is 5.80. The summed E-state index contributed by atoms with van der Waals surface area (Å²) in [6.07, 6.45) is 0.452. The number of carbonyl (C=O) groups is 3. The fourth-order valence-electron chi connectivity index (χ4n) is 2.04. The van der Waals surface area contributed by atoms with Gasteiger partial charge in [0, 0.05) is 10.6 Å². The predicted molar refractivity (Wildman–Crippen MR) is 91.8 cm³/mol. The van der Waals surface area contributed by atoms with E-state index in [1.54, 1.807) is 31.2 Å². The first-order valence-corrected chi connectivity index (χ1v) is 8.21. The minimum atomic E-state index is -0.734. The van der Waals surface area contributed by atoms with Crippen LogP contribution >= 0.6 is 11.6 Å². The van der Waals surface area contributed by atoms with E-state index in [-0.39, 0.29) is 25.0 Å². The molecular formula is C17H23ClN2O4. The van der Waals surface area contributed by atoms with Gasteiger partial charge in [-0.3, -0.25) is 14.4 Å². The molecule has 0 fully saturated rings. The summed E-state index contributed by atoms with van der Waals surface area (Å²) in [6.45, 7) is 5.60. The molecule has 2 amide bonds. The SMILES string of the molecule is CCOC(=O)CNC(=O)C(CC(C)C)NC(=O)c1ccc(Cl)cc1. The Labute approximate surface area is 146 Å². The minimum absolute atomic E-state index is 0.189. The number of carbonyl (C=O) groups excluding carboxylic acids is 3. The van der Waals surface area contributed by atoms with E-state index in [0.29, 0.717) is 17.0 Å². The molecule has 1 aromatic carbocycles. The zero-order chi connectivity index (χ0) is 18.1. The van der Waals surface area contributed by atoms with Crippen molar-refractivity contribution < 1.29 is 19.1 Å². The van der Waals surface area contributed by atoms with E-state index in [2.05, 4.69) is 10.6 Å². The van der Waals surface area contributed by atoms with Gasteiger partial charge in [-0.25, -0.2) is 0 Å². The largest absolute Gasteiger partial charge is 0.465 e. The fraction of sp³-hybridized carbons (Fsp3) is 0.471. The van der Waals surface area contributed by atoms with Crippen LogP contribution in [0.4, 0.5) is 0 Å². The zero-order valence-corrected chi connectivity index (χ0v) is 14.9. The highest BCUT2D eigenvalue weighted by Gasteiger charge is 2.23. The van der Waals surface area contributed by atoms with Crippen molar-refractivity contribution in [3.05, 3.63) is 34.9 Å². The van der Waals surface area contributed by atoms with Gasteiger partial charge in [0.2, 0.25) is 5.91 Å². The standard InChI is InChI=1S/C17H23ClN2O4/c1-4-24-15(21)10-19-17(23)14(9-11(2)3)20-16(22)12-5-7-13(18)8-6-12/h5-8,11,14H,4,9-10H2,1-3H3,(H,19,23)(H,20,22). The molecule has 0 saturated heterocycles. The second kappa shape index (κ2) is 9.93. The van der Waals surface area contributed by atoms with E-state index in [1.807, 2.05) is 13.8 Å². The van der Waals surface area contributed by atoms with Gasteiger partial charge < -0.3 is 15.4 Å². The Morgan fingerprint density at radius 2 is 1.79 bits per heavy atom. The average molecular weight is 355 g/mol. The number of ether oxygens (including phenoxy) is 1. The van der Waals surface area contributed by atoms with Crippen LogP contribution in [0.25, 0.3) is 0 Å². The van der Waals surface area contributed by atoms with E-state index >= 15 is 0 Å². The van der Waals surface area contributed by atoms with E-state index in [4.69, 9.17) is 16.3 Å². The first-order valence-electron chi connectivity index (χ1n) is 7.83. The smallest absolute Gasteiger partial charge is 0.325 e. The summed E-state index contributed by atoms with van der Waals surface area (Å²) in [5, 5.41) is 5.71.